The summed E-state index contributed by atoms with van der Waals surface area (Å²) in [7, 11) is 0. The molecule has 0 aliphatic heterocycles. The van der Waals surface area contributed by atoms with E-state index in [2.05, 4.69) is 41.8 Å². The van der Waals surface area contributed by atoms with Crippen LogP contribution < -0.4 is 5.32 Å². The fraction of sp³-hybridized carbons (Fsp3) is 0.812. The Morgan fingerprint density at radius 2 is 2.11 bits per heavy atom. The minimum absolute atomic E-state index is 0.548. The molecule has 1 atom stereocenters. The molecule has 1 aromatic heterocycles. The highest BCUT2D eigenvalue weighted by molar-refractivity contribution is 5.31. The van der Waals surface area contributed by atoms with Gasteiger partial charge in [0.2, 0.25) is 5.95 Å². The number of nitrogens with zero attached hydrogens (tertiary/aromatic N) is 2. The fourth-order valence-electron chi connectivity index (χ4n) is 3.03. The number of imidazole rings is 1. The molecule has 0 bridgehead atoms. The molecule has 3 heteroatoms. The van der Waals surface area contributed by atoms with Crippen LogP contribution in [0.4, 0.5) is 5.95 Å². The molecule has 1 aliphatic rings. The molecule has 1 aromatic rings. The van der Waals surface area contributed by atoms with Gasteiger partial charge >= 0.3 is 0 Å². The summed E-state index contributed by atoms with van der Waals surface area (Å²) in [6.07, 6.45) is 12.7. The molecule has 1 heterocycles. The van der Waals surface area contributed by atoms with Crippen molar-refractivity contribution in [2.75, 3.05) is 5.32 Å². The van der Waals surface area contributed by atoms with Gasteiger partial charge in [0.1, 0.15) is 0 Å². The number of aryl methyl sites for hydroxylation is 1. The Morgan fingerprint density at radius 3 is 2.79 bits per heavy atom. The van der Waals surface area contributed by atoms with Gasteiger partial charge in [0.15, 0.2) is 0 Å². The third kappa shape index (κ3) is 3.99. The van der Waals surface area contributed by atoms with E-state index in [-0.39, 0.29) is 0 Å². The predicted molar refractivity (Wildman–Crippen MR) is 81.7 cm³/mol. The van der Waals surface area contributed by atoms with Crippen LogP contribution in [0.5, 0.6) is 0 Å². The van der Waals surface area contributed by atoms with E-state index in [1.807, 2.05) is 0 Å². The zero-order chi connectivity index (χ0) is 13.7. The van der Waals surface area contributed by atoms with Gasteiger partial charge in [-0.15, -0.1) is 0 Å². The van der Waals surface area contributed by atoms with Crippen molar-refractivity contribution in [3.63, 3.8) is 0 Å². The number of nitrogens with one attached hydrogen (secondary N) is 1. The first-order valence-electron chi connectivity index (χ1n) is 8.02. The molecule has 1 saturated carbocycles. The van der Waals surface area contributed by atoms with Gasteiger partial charge in [0.05, 0.1) is 5.69 Å². The molecule has 3 nitrogen and oxygen atoms in total. The Bertz CT molecular complexity index is 377. The average molecular weight is 263 g/mol. The lowest BCUT2D eigenvalue weighted by Crippen LogP contribution is -2.24. The van der Waals surface area contributed by atoms with Crippen LogP contribution in [0.25, 0.3) is 0 Å². The Balaban J connectivity index is 2.02. The van der Waals surface area contributed by atoms with E-state index in [0.29, 0.717) is 12.1 Å². The van der Waals surface area contributed by atoms with E-state index in [1.54, 1.807) is 0 Å². The highest BCUT2D eigenvalue weighted by Gasteiger charge is 2.17. The van der Waals surface area contributed by atoms with Crippen molar-refractivity contribution < 1.29 is 0 Å². The molecule has 1 unspecified atom stereocenters. The largest absolute Gasteiger partial charge is 0.353 e. The monoisotopic (exact) mass is 263 g/mol. The van der Waals surface area contributed by atoms with Gasteiger partial charge in [-0.25, -0.2) is 4.98 Å². The zero-order valence-corrected chi connectivity index (χ0v) is 12.8. The zero-order valence-electron chi connectivity index (χ0n) is 12.8. The van der Waals surface area contributed by atoms with Crippen molar-refractivity contribution in [1.82, 2.24) is 9.55 Å². The van der Waals surface area contributed by atoms with Crippen LogP contribution in [0.15, 0.2) is 6.20 Å². The molecular formula is C16H29N3. The smallest absolute Gasteiger partial charge is 0.203 e. The van der Waals surface area contributed by atoms with Crippen LogP contribution >= 0.6 is 0 Å². The first kappa shape index (κ1) is 14.4. The second kappa shape index (κ2) is 6.97. The molecule has 1 N–H and O–H groups in total. The topological polar surface area (TPSA) is 29.9 Å². The van der Waals surface area contributed by atoms with Crippen molar-refractivity contribution in [3.8, 4) is 0 Å². The lowest BCUT2D eigenvalue weighted by Gasteiger charge is -2.25. The molecule has 0 radical (unpaired) electrons. The molecule has 1 aliphatic carbocycles. The molecular weight excluding hydrogens is 234 g/mol. The molecule has 0 spiro atoms. The summed E-state index contributed by atoms with van der Waals surface area (Å²) in [6.45, 7) is 6.66. The van der Waals surface area contributed by atoms with Crippen molar-refractivity contribution in [1.29, 1.82) is 0 Å². The van der Waals surface area contributed by atoms with Gasteiger partial charge < -0.3 is 9.88 Å². The molecule has 0 amide bonds. The molecule has 19 heavy (non-hydrogen) atoms. The molecule has 0 aromatic carbocycles. The maximum absolute atomic E-state index is 4.69. The lowest BCUT2D eigenvalue weighted by atomic mass is 9.96. The summed E-state index contributed by atoms with van der Waals surface area (Å²) >= 11 is 0. The first-order chi connectivity index (χ1) is 9.20. The minimum atomic E-state index is 0.548. The van der Waals surface area contributed by atoms with Crippen LogP contribution in [0, 0.1) is 6.92 Å². The van der Waals surface area contributed by atoms with Crippen molar-refractivity contribution in [2.24, 2.45) is 0 Å². The second-order valence-electron chi connectivity index (χ2n) is 6.08. The third-order valence-corrected chi connectivity index (χ3v) is 4.24. The maximum atomic E-state index is 4.69. The van der Waals surface area contributed by atoms with E-state index in [1.165, 1.54) is 51.4 Å². The Kier molecular flexibility index (Phi) is 5.29. The van der Waals surface area contributed by atoms with Crippen LogP contribution in [0.1, 0.15) is 76.9 Å². The van der Waals surface area contributed by atoms with Crippen molar-refractivity contribution in [2.45, 2.75) is 84.2 Å². The third-order valence-electron chi connectivity index (χ3n) is 4.24. The first-order valence-corrected chi connectivity index (χ1v) is 8.02. The number of unbranched alkanes of at least 4 members (excludes halogenated alkanes) is 1. The summed E-state index contributed by atoms with van der Waals surface area (Å²) in [5.74, 6) is 1.09. The van der Waals surface area contributed by atoms with Gasteiger partial charge in [0, 0.05) is 18.3 Å². The van der Waals surface area contributed by atoms with Gasteiger partial charge in [-0.3, -0.25) is 0 Å². The highest BCUT2D eigenvalue weighted by Crippen LogP contribution is 2.25. The number of rotatable bonds is 6. The van der Waals surface area contributed by atoms with E-state index in [0.717, 1.165) is 11.6 Å². The quantitative estimate of drug-likeness (QED) is 0.807. The standard InChI is InChI=1S/C16H29N3/c1-4-5-9-14(3)19-12-13(2)17-16(19)18-15-10-7-6-8-11-15/h12,14-15H,4-11H2,1-3H3,(H,17,18). The van der Waals surface area contributed by atoms with E-state index in [9.17, 15) is 0 Å². The van der Waals surface area contributed by atoms with Gasteiger partial charge in [0.25, 0.3) is 0 Å². The number of hydrogen-bond acceptors (Lipinski definition) is 2. The van der Waals surface area contributed by atoms with Crippen molar-refractivity contribution >= 4 is 5.95 Å². The second-order valence-corrected chi connectivity index (χ2v) is 6.08. The number of anilines is 1. The lowest BCUT2D eigenvalue weighted by molar-refractivity contribution is 0.449. The summed E-state index contributed by atoms with van der Waals surface area (Å²) in [5.41, 5.74) is 1.13. The predicted octanol–water partition coefficient (Wildman–Crippen LogP) is 4.69. The van der Waals surface area contributed by atoms with Crippen LogP contribution in [0.3, 0.4) is 0 Å². The Hall–Kier alpha value is -0.990. The van der Waals surface area contributed by atoms with Crippen LogP contribution in [0.2, 0.25) is 0 Å². The summed E-state index contributed by atoms with van der Waals surface area (Å²) in [6, 6.07) is 1.18. The highest BCUT2D eigenvalue weighted by atomic mass is 15.2. The minimum Gasteiger partial charge on any atom is -0.353 e. The van der Waals surface area contributed by atoms with Gasteiger partial charge in [-0.05, 0) is 33.1 Å². The normalized spacial score (nSPS) is 18.5. The van der Waals surface area contributed by atoms with Crippen LogP contribution in [-0.4, -0.2) is 15.6 Å². The van der Waals surface area contributed by atoms with Gasteiger partial charge in [-0.1, -0.05) is 39.0 Å². The summed E-state index contributed by atoms with van der Waals surface area (Å²) in [4.78, 5) is 4.69. The van der Waals surface area contributed by atoms with Gasteiger partial charge in [-0.2, -0.15) is 0 Å². The number of aromatic nitrogens is 2. The molecule has 0 saturated heterocycles. The Labute approximate surface area is 117 Å². The van der Waals surface area contributed by atoms with E-state index in [4.69, 9.17) is 0 Å². The van der Waals surface area contributed by atoms with E-state index >= 15 is 0 Å². The fourth-order valence-corrected chi connectivity index (χ4v) is 3.03. The number of hydrogen-bond donors (Lipinski definition) is 1. The SMILES string of the molecule is CCCCC(C)n1cc(C)nc1NC1CCCCC1. The molecule has 2 rings (SSSR count). The maximum Gasteiger partial charge on any atom is 0.203 e. The Morgan fingerprint density at radius 1 is 1.37 bits per heavy atom. The molecule has 108 valence electrons. The summed E-state index contributed by atoms with van der Waals surface area (Å²) in [5, 5.41) is 3.68. The van der Waals surface area contributed by atoms with Crippen LogP contribution in [-0.2, 0) is 0 Å². The van der Waals surface area contributed by atoms with E-state index < -0.39 is 0 Å². The average Bonchev–Trinajstić information content (AvgIpc) is 2.78. The summed E-state index contributed by atoms with van der Waals surface area (Å²) < 4.78 is 2.35. The van der Waals surface area contributed by atoms with Crippen molar-refractivity contribution in [3.05, 3.63) is 11.9 Å². The molecule has 1 fully saturated rings.